The van der Waals surface area contributed by atoms with Gasteiger partial charge in [-0.25, -0.2) is 13.4 Å². The van der Waals surface area contributed by atoms with Gasteiger partial charge in [0.2, 0.25) is 0 Å². The SMILES string of the molecule is COc1ccc(Cl)cc1C(=O)N(CCN(C)C)c1nc2c(S(C)(=O)=O)cccc2s1.Cl. The summed E-state index contributed by atoms with van der Waals surface area (Å²) in [5.41, 5.74) is 0.673. The highest BCUT2D eigenvalue weighted by atomic mass is 35.5. The number of aromatic nitrogens is 1. The van der Waals surface area contributed by atoms with Gasteiger partial charge in [-0.3, -0.25) is 9.69 Å². The quantitative estimate of drug-likeness (QED) is 0.484. The number of halogens is 2. The number of carbonyl (C=O) groups excluding carboxylic acids is 1. The van der Waals surface area contributed by atoms with Crippen molar-refractivity contribution < 1.29 is 17.9 Å². The summed E-state index contributed by atoms with van der Waals surface area (Å²) in [7, 11) is 1.84. The van der Waals surface area contributed by atoms with Crippen LogP contribution in [0.2, 0.25) is 5.02 Å². The van der Waals surface area contributed by atoms with Gasteiger partial charge in [0, 0.05) is 24.4 Å². The van der Waals surface area contributed by atoms with Crippen LogP contribution in [0.1, 0.15) is 10.4 Å². The Morgan fingerprint density at radius 2 is 1.90 bits per heavy atom. The molecule has 3 rings (SSSR count). The zero-order chi connectivity index (χ0) is 22.1. The van der Waals surface area contributed by atoms with Gasteiger partial charge >= 0.3 is 0 Å². The van der Waals surface area contributed by atoms with Crippen LogP contribution in [-0.4, -0.2) is 64.8 Å². The Morgan fingerprint density at radius 3 is 2.52 bits per heavy atom. The molecule has 1 amide bonds. The number of amides is 1. The summed E-state index contributed by atoms with van der Waals surface area (Å²) in [6, 6.07) is 9.83. The number of anilines is 1. The van der Waals surface area contributed by atoms with Crippen molar-refractivity contribution in [3.8, 4) is 5.75 Å². The summed E-state index contributed by atoms with van der Waals surface area (Å²) in [5, 5.41) is 0.824. The molecular weight excluding hydrogens is 481 g/mol. The van der Waals surface area contributed by atoms with Crippen molar-refractivity contribution in [2.75, 3.05) is 45.5 Å². The number of benzene rings is 2. The minimum atomic E-state index is -3.46. The van der Waals surface area contributed by atoms with Crippen LogP contribution in [0.5, 0.6) is 5.75 Å². The zero-order valence-electron chi connectivity index (χ0n) is 17.5. The van der Waals surface area contributed by atoms with Crippen molar-refractivity contribution in [2.45, 2.75) is 4.90 Å². The van der Waals surface area contributed by atoms with Crippen molar-refractivity contribution in [1.29, 1.82) is 0 Å². The third-order valence-electron chi connectivity index (χ3n) is 4.41. The van der Waals surface area contributed by atoms with Crippen LogP contribution in [0.3, 0.4) is 0 Å². The van der Waals surface area contributed by atoms with Crippen molar-refractivity contribution >= 4 is 66.4 Å². The minimum absolute atomic E-state index is 0. The predicted octanol–water partition coefficient (Wildman–Crippen LogP) is 3.99. The number of sulfone groups is 1. The molecule has 31 heavy (non-hydrogen) atoms. The normalized spacial score (nSPS) is 11.4. The molecule has 0 saturated heterocycles. The molecule has 0 aliphatic heterocycles. The first-order valence-corrected chi connectivity index (χ1v) is 12.1. The van der Waals surface area contributed by atoms with E-state index in [2.05, 4.69) is 4.98 Å². The number of nitrogens with zero attached hydrogens (tertiary/aromatic N) is 3. The van der Waals surface area contributed by atoms with E-state index in [9.17, 15) is 13.2 Å². The Labute approximate surface area is 196 Å². The number of carbonyl (C=O) groups is 1. The molecular formula is C20H23Cl2N3O4S2. The lowest BCUT2D eigenvalue weighted by molar-refractivity contribution is 0.0982. The summed E-state index contributed by atoms with van der Waals surface area (Å²) < 4.78 is 30.4. The van der Waals surface area contributed by atoms with Gasteiger partial charge in [0.1, 0.15) is 11.3 Å². The molecule has 0 aliphatic rings. The van der Waals surface area contributed by atoms with Crippen LogP contribution in [-0.2, 0) is 9.84 Å². The highest BCUT2D eigenvalue weighted by Gasteiger charge is 2.26. The Morgan fingerprint density at radius 1 is 1.19 bits per heavy atom. The summed E-state index contributed by atoms with van der Waals surface area (Å²) >= 11 is 7.38. The number of ether oxygens (including phenoxy) is 1. The first-order valence-electron chi connectivity index (χ1n) is 9.01. The topological polar surface area (TPSA) is 79.8 Å². The second-order valence-electron chi connectivity index (χ2n) is 6.98. The maximum Gasteiger partial charge on any atom is 0.263 e. The Hall–Kier alpha value is -1.91. The fraction of sp³-hybridized carbons (Fsp3) is 0.300. The van der Waals surface area contributed by atoms with Crippen molar-refractivity contribution in [1.82, 2.24) is 9.88 Å². The molecule has 0 spiro atoms. The highest BCUT2D eigenvalue weighted by molar-refractivity contribution is 7.91. The monoisotopic (exact) mass is 503 g/mol. The molecule has 0 saturated carbocycles. The maximum atomic E-state index is 13.5. The van der Waals surface area contributed by atoms with Gasteiger partial charge in [-0.05, 0) is 44.4 Å². The van der Waals surface area contributed by atoms with Gasteiger partial charge < -0.3 is 9.64 Å². The summed E-state index contributed by atoms with van der Waals surface area (Å²) in [6.07, 6.45) is 1.15. The lowest BCUT2D eigenvalue weighted by Gasteiger charge is -2.23. The molecule has 0 fully saturated rings. The number of para-hydroxylation sites is 1. The van der Waals surface area contributed by atoms with E-state index < -0.39 is 9.84 Å². The fourth-order valence-corrected chi connectivity index (χ4v) is 4.99. The van der Waals surface area contributed by atoms with Crippen LogP contribution >= 0.6 is 35.3 Å². The molecule has 0 unspecified atom stereocenters. The van der Waals surface area contributed by atoms with Crippen LogP contribution in [0.4, 0.5) is 5.13 Å². The molecule has 2 aromatic carbocycles. The van der Waals surface area contributed by atoms with Gasteiger partial charge in [0.15, 0.2) is 15.0 Å². The van der Waals surface area contributed by atoms with E-state index in [0.29, 0.717) is 44.8 Å². The average molecular weight is 504 g/mol. The third kappa shape index (κ3) is 5.67. The smallest absolute Gasteiger partial charge is 0.263 e. The fourth-order valence-electron chi connectivity index (χ4n) is 2.90. The van der Waals surface area contributed by atoms with E-state index in [0.717, 1.165) is 6.26 Å². The predicted molar refractivity (Wildman–Crippen MR) is 128 cm³/mol. The number of hydrogen-bond donors (Lipinski definition) is 0. The molecule has 0 aliphatic carbocycles. The van der Waals surface area contributed by atoms with Gasteiger partial charge in [-0.2, -0.15) is 0 Å². The first kappa shape index (κ1) is 25.4. The lowest BCUT2D eigenvalue weighted by atomic mass is 10.1. The number of rotatable bonds is 7. The Balaban J connectivity index is 0.00000341. The van der Waals surface area contributed by atoms with Gasteiger partial charge in [0.25, 0.3) is 5.91 Å². The number of fused-ring (bicyclic) bond motifs is 1. The summed E-state index contributed by atoms with van der Waals surface area (Å²) in [6.45, 7) is 0.943. The molecule has 11 heteroatoms. The van der Waals surface area contributed by atoms with Crippen LogP contribution < -0.4 is 9.64 Å². The number of likely N-dealkylation sites (N-methyl/N-ethyl adjacent to an activating group) is 1. The van der Waals surface area contributed by atoms with E-state index >= 15 is 0 Å². The molecule has 0 atom stereocenters. The van der Waals surface area contributed by atoms with Crippen molar-refractivity contribution in [3.63, 3.8) is 0 Å². The van der Waals surface area contributed by atoms with E-state index in [-0.39, 0.29) is 23.2 Å². The van der Waals surface area contributed by atoms with Crippen LogP contribution in [0.25, 0.3) is 10.2 Å². The van der Waals surface area contributed by atoms with Crippen molar-refractivity contribution in [2.24, 2.45) is 0 Å². The number of methoxy groups -OCH3 is 1. The second kappa shape index (κ2) is 10.1. The van der Waals surface area contributed by atoms with Gasteiger partial charge in [-0.15, -0.1) is 12.4 Å². The number of thiazole rings is 1. The lowest BCUT2D eigenvalue weighted by Crippen LogP contribution is -2.37. The van der Waals surface area contributed by atoms with Crippen LogP contribution in [0.15, 0.2) is 41.3 Å². The Bertz CT molecular complexity index is 1200. The second-order valence-corrected chi connectivity index (χ2v) is 10.4. The molecule has 168 valence electrons. The average Bonchev–Trinajstić information content (AvgIpc) is 3.10. The van der Waals surface area contributed by atoms with E-state index in [4.69, 9.17) is 16.3 Å². The Kier molecular flexibility index (Phi) is 8.29. The third-order valence-corrected chi connectivity index (χ3v) is 6.82. The minimum Gasteiger partial charge on any atom is -0.496 e. The molecule has 1 heterocycles. The molecule has 0 radical (unpaired) electrons. The molecule has 0 bridgehead atoms. The first-order chi connectivity index (χ1) is 14.1. The molecule has 7 nitrogen and oxygen atoms in total. The van der Waals surface area contributed by atoms with E-state index in [1.807, 2.05) is 19.0 Å². The molecule has 3 aromatic rings. The van der Waals surface area contributed by atoms with Gasteiger partial charge in [-0.1, -0.05) is 29.0 Å². The molecule has 0 N–H and O–H groups in total. The number of hydrogen-bond acceptors (Lipinski definition) is 7. The van der Waals surface area contributed by atoms with E-state index in [1.54, 1.807) is 30.3 Å². The standard InChI is InChI=1S/C20H22ClN3O4S2.ClH/c1-23(2)10-11-24(19(25)14-12-13(21)8-9-15(14)28-3)20-22-18-16(29-20)6-5-7-17(18)30(4,26)27;/h5-9,12H,10-11H2,1-4H3;1H. The largest absolute Gasteiger partial charge is 0.496 e. The van der Waals surface area contributed by atoms with Gasteiger partial charge in [0.05, 0.1) is 22.3 Å². The summed E-state index contributed by atoms with van der Waals surface area (Å²) in [4.78, 5) is 21.6. The summed E-state index contributed by atoms with van der Waals surface area (Å²) in [5.74, 6) is 0.0772. The van der Waals surface area contributed by atoms with Crippen LogP contribution in [0, 0.1) is 0 Å². The maximum absolute atomic E-state index is 13.5. The molecule has 1 aromatic heterocycles. The highest BCUT2D eigenvalue weighted by Crippen LogP contribution is 2.34. The van der Waals surface area contributed by atoms with Crippen molar-refractivity contribution in [3.05, 3.63) is 47.0 Å². The zero-order valence-corrected chi connectivity index (χ0v) is 20.7. The van der Waals surface area contributed by atoms with E-state index in [1.165, 1.54) is 29.4 Å².